The van der Waals surface area contributed by atoms with Crippen LogP contribution in [0.5, 0.6) is 0 Å². The Morgan fingerprint density at radius 2 is 2.00 bits per heavy atom. The van der Waals surface area contributed by atoms with Crippen molar-refractivity contribution in [3.63, 3.8) is 0 Å². The van der Waals surface area contributed by atoms with Crippen LogP contribution in [0.15, 0.2) is 12.5 Å². The van der Waals surface area contributed by atoms with Crippen LogP contribution in [0.2, 0.25) is 0 Å². The van der Waals surface area contributed by atoms with Crippen LogP contribution in [0.4, 0.5) is 5.82 Å². The molecule has 1 rings (SSSR count). The predicted octanol–water partition coefficient (Wildman–Crippen LogP) is 1.82. The van der Waals surface area contributed by atoms with Gasteiger partial charge >= 0.3 is 0 Å². The molecule has 3 heteroatoms. The molecule has 0 bridgehead atoms. The van der Waals surface area contributed by atoms with Gasteiger partial charge in [0.2, 0.25) is 0 Å². The van der Waals surface area contributed by atoms with E-state index in [0.717, 1.165) is 5.56 Å². The number of rotatable bonds is 2. The molecule has 66 valence electrons. The van der Waals surface area contributed by atoms with Crippen LogP contribution >= 0.6 is 0 Å². The van der Waals surface area contributed by atoms with Gasteiger partial charge in [-0.3, -0.25) is 0 Å². The van der Waals surface area contributed by atoms with E-state index in [1.165, 1.54) is 6.33 Å². The maximum Gasteiger partial charge on any atom is 0.130 e. The first kappa shape index (κ1) is 8.97. The third kappa shape index (κ3) is 1.72. The van der Waals surface area contributed by atoms with Crippen molar-refractivity contribution in [1.82, 2.24) is 9.97 Å². The molecule has 1 aromatic heterocycles. The standard InChI is InChI=1S/C9H15N3/c1-6(2)7(3)8-4-11-5-12-9(8)10/h4-7H,1-3H3,(H2,10,11,12)/t7-/m0/s1. The van der Waals surface area contributed by atoms with E-state index in [-0.39, 0.29) is 0 Å². The fourth-order valence-electron chi connectivity index (χ4n) is 1.06. The third-order valence-corrected chi connectivity index (χ3v) is 2.26. The van der Waals surface area contributed by atoms with Gasteiger partial charge in [-0.25, -0.2) is 9.97 Å². The number of nitrogens with zero attached hydrogens (tertiary/aromatic N) is 2. The fraction of sp³-hybridized carbons (Fsp3) is 0.556. The van der Waals surface area contributed by atoms with E-state index in [2.05, 4.69) is 30.7 Å². The van der Waals surface area contributed by atoms with Gasteiger partial charge in [-0.1, -0.05) is 20.8 Å². The quantitative estimate of drug-likeness (QED) is 0.727. The fourth-order valence-corrected chi connectivity index (χ4v) is 1.06. The predicted molar refractivity (Wildman–Crippen MR) is 49.7 cm³/mol. The average Bonchev–Trinajstić information content (AvgIpc) is 2.04. The summed E-state index contributed by atoms with van der Waals surface area (Å²) in [5, 5.41) is 0. The SMILES string of the molecule is CC(C)[C@H](C)c1cncnc1N. The van der Waals surface area contributed by atoms with Gasteiger partial charge in [-0.15, -0.1) is 0 Å². The largest absolute Gasteiger partial charge is 0.383 e. The summed E-state index contributed by atoms with van der Waals surface area (Å²) in [7, 11) is 0. The molecule has 1 heterocycles. The molecule has 2 N–H and O–H groups in total. The smallest absolute Gasteiger partial charge is 0.130 e. The molecular weight excluding hydrogens is 150 g/mol. The van der Waals surface area contributed by atoms with Gasteiger partial charge in [0, 0.05) is 11.8 Å². The van der Waals surface area contributed by atoms with E-state index in [1.807, 2.05) is 0 Å². The summed E-state index contributed by atoms with van der Waals surface area (Å²) in [6, 6.07) is 0. The second-order valence-corrected chi connectivity index (χ2v) is 3.40. The van der Waals surface area contributed by atoms with Crippen LogP contribution in [0.25, 0.3) is 0 Å². The summed E-state index contributed by atoms with van der Waals surface area (Å²) in [5.41, 5.74) is 6.76. The summed E-state index contributed by atoms with van der Waals surface area (Å²) < 4.78 is 0. The Hall–Kier alpha value is -1.12. The van der Waals surface area contributed by atoms with E-state index >= 15 is 0 Å². The van der Waals surface area contributed by atoms with Crippen molar-refractivity contribution in [3.8, 4) is 0 Å². The minimum absolute atomic E-state index is 0.422. The monoisotopic (exact) mass is 165 g/mol. The average molecular weight is 165 g/mol. The van der Waals surface area contributed by atoms with Crippen LogP contribution < -0.4 is 5.73 Å². The lowest BCUT2D eigenvalue weighted by Crippen LogP contribution is -2.07. The highest BCUT2D eigenvalue weighted by molar-refractivity contribution is 5.39. The van der Waals surface area contributed by atoms with E-state index in [9.17, 15) is 0 Å². The summed E-state index contributed by atoms with van der Waals surface area (Å²) in [4.78, 5) is 7.91. The first-order valence-corrected chi connectivity index (χ1v) is 4.18. The molecule has 0 amide bonds. The third-order valence-electron chi connectivity index (χ3n) is 2.26. The zero-order chi connectivity index (χ0) is 9.14. The van der Waals surface area contributed by atoms with Gasteiger partial charge in [0.15, 0.2) is 0 Å². The summed E-state index contributed by atoms with van der Waals surface area (Å²) in [5.74, 6) is 1.59. The lowest BCUT2D eigenvalue weighted by atomic mass is 9.92. The molecule has 0 fully saturated rings. The molecule has 0 aliphatic rings. The number of hydrogen-bond donors (Lipinski definition) is 1. The molecule has 0 aromatic carbocycles. The van der Waals surface area contributed by atoms with Crippen LogP contribution in [-0.2, 0) is 0 Å². The summed E-state index contributed by atoms with van der Waals surface area (Å²) in [6.45, 7) is 6.47. The van der Waals surface area contributed by atoms with E-state index in [1.54, 1.807) is 6.20 Å². The van der Waals surface area contributed by atoms with Crippen LogP contribution in [0.1, 0.15) is 32.3 Å². The Labute approximate surface area is 73.0 Å². The molecule has 0 radical (unpaired) electrons. The molecule has 1 atom stereocenters. The van der Waals surface area contributed by atoms with Crippen molar-refractivity contribution in [1.29, 1.82) is 0 Å². The highest BCUT2D eigenvalue weighted by atomic mass is 14.9. The Morgan fingerprint density at radius 3 is 2.50 bits per heavy atom. The molecule has 0 saturated carbocycles. The normalized spacial score (nSPS) is 13.3. The maximum absolute atomic E-state index is 5.71. The molecule has 0 aliphatic carbocycles. The summed E-state index contributed by atoms with van der Waals surface area (Å²) in [6.07, 6.45) is 3.28. The molecule has 0 saturated heterocycles. The Balaban J connectivity index is 2.94. The van der Waals surface area contributed by atoms with Crippen molar-refractivity contribution in [3.05, 3.63) is 18.1 Å². The van der Waals surface area contributed by atoms with Crippen LogP contribution in [0, 0.1) is 5.92 Å². The van der Waals surface area contributed by atoms with Crippen molar-refractivity contribution in [2.24, 2.45) is 5.92 Å². The first-order valence-electron chi connectivity index (χ1n) is 4.18. The number of nitrogen functional groups attached to an aromatic ring is 1. The van der Waals surface area contributed by atoms with Gasteiger partial charge in [-0.05, 0) is 11.8 Å². The van der Waals surface area contributed by atoms with Crippen molar-refractivity contribution >= 4 is 5.82 Å². The maximum atomic E-state index is 5.71. The van der Waals surface area contributed by atoms with E-state index in [4.69, 9.17) is 5.73 Å². The molecule has 12 heavy (non-hydrogen) atoms. The second kappa shape index (κ2) is 3.52. The Kier molecular flexibility index (Phi) is 2.63. The minimum atomic E-state index is 0.422. The minimum Gasteiger partial charge on any atom is -0.383 e. The number of nitrogens with two attached hydrogens (primary N) is 1. The molecule has 1 aromatic rings. The van der Waals surface area contributed by atoms with Crippen molar-refractivity contribution in [2.75, 3.05) is 5.73 Å². The lowest BCUT2D eigenvalue weighted by molar-refractivity contribution is 0.533. The van der Waals surface area contributed by atoms with Crippen LogP contribution in [0.3, 0.4) is 0 Å². The summed E-state index contributed by atoms with van der Waals surface area (Å²) >= 11 is 0. The van der Waals surface area contributed by atoms with E-state index in [0.29, 0.717) is 17.7 Å². The van der Waals surface area contributed by atoms with Gasteiger partial charge in [-0.2, -0.15) is 0 Å². The molecule has 3 nitrogen and oxygen atoms in total. The van der Waals surface area contributed by atoms with Crippen molar-refractivity contribution < 1.29 is 0 Å². The van der Waals surface area contributed by atoms with Gasteiger partial charge in [0.1, 0.15) is 12.1 Å². The highest BCUT2D eigenvalue weighted by Crippen LogP contribution is 2.25. The Bertz CT molecular complexity index is 258. The topological polar surface area (TPSA) is 51.8 Å². The van der Waals surface area contributed by atoms with Gasteiger partial charge < -0.3 is 5.73 Å². The molecule has 0 aliphatic heterocycles. The highest BCUT2D eigenvalue weighted by Gasteiger charge is 2.13. The zero-order valence-electron chi connectivity index (χ0n) is 7.78. The number of anilines is 1. The van der Waals surface area contributed by atoms with Crippen LogP contribution in [-0.4, -0.2) is 9.97 Å². The second-order valence-electron chi connectivity index (χ2n) is 3.40. The van der Waals surface area contributed by atoms with E-state index < -0.39 is 0 Å². The Morgan fingerprint density at radius 1 is 1.33 bits per heavy atom. The lowest BCUT2D eigenvalue weighted by Gasteiger charge is -2.16. The molecule has 0 unspecified atom stereocenters. The van der Waals surface area contributed by atoms with Gasteiger partial charge in [0.25, 0.3) is 0 Å². The molecular formula is C9H15N3. The number of aromatic nitrogens is 2. The number of hydrogen-bond acceptors (Lipinski definition) is 3. The van der Waals surface area contributed by atoms with Crippen molar-refractivity contribution in [2.45, 2.75) is 26.7 Å². The molecule has 0 spiro atoms. The zero-order valence-corrected chi connectivity index (χ0v) is 7.78. The first-order chi connectivity index (χ1) is 5.63. The van der Waals surface area contributed by atoms with Gasteiger partial charge in [0.05, 0.1) is 0 Å².